The third-order valence-electron chi connectivity index (χ3n) is 3.85. The number of ether oxygens (including phenoxy) is 1. The highest BCUT2D eigenvalue weighted by molar-refractivity contribution is 5.80. The lowest BCUT2D eigenvalue weighted by Gasteiger charge is -2.33. The Bertz CT molecular complexity index is 529. The molecule has 2 unspecified atom stereocenters. The standard InChI is InChI=1S/C16H21NO4/c1-3-17(11(2)8-15(18)19)16(20)13-9-12-6-4-5-7-14(12)21-10-13/h4-7,11,13H,3,8-10H2,1-2H3,(H,18,19). The zero-order valence-electron chi connectivity index (χ0n) is 12.4. The van der Waals surface area contributed by atoms with E-state index in [9.17, 15) is 9.59 Å². The lowest BCUT2D eigenvalue weighted by molar-refractivity contribution is -0.142. The molecule has 5 heteroatoms. The molecule has 1 heterocycles. The van der Waals surface area contributed by atoms with Gasteiger partial charge < -0.3 is 14.7 Å². The first kappa shape index (κ1) is 15.4. The van der Waals surface area contributed by atoms with Gasteiger partial charge in [-0.1, -0.05) is 18.2 Å². The summed E-state index contributed by atoms with van der Waals surface area (Å²) in [4.78, 5) is 25.1. The molecule has 1 aromatic rings. The van der Waals surface area contributed by atoms with E-state index in [2.05, 4.69) is 0 Å². The lowest BCUT2D eigenvalue weighted by atomic mass is 9.95. The third-order valence-corrected chi connectivity index (χ3v) is 3.85. The van der Waals surface area contributed by atoms with E-state index >= 15 is 0 Å². The van der Waals surface area contributed by atoms with Crippen molar-refractivity contribution >= 4 is 11.9 Å². The van der Waals surface area contributed by atoms with Crippen molar-refractivity contribution in [3.63, 3.8) is 0 Å². The van der Waals surface area contributed by atoms with Gasteiger partial charge in [0.2, 0.25) is 5.91 Å². The molecule has 1 aliphatic heterocycles. The SMILES string of the molecule is CCN(C(=O)C1COc2ccccc2C1)C(C)CC(=O)O. The molecule has 1 aliphatic rings. The highest BCUT2D eigenvalue weighted by atomic mass is 16.5. The van der Waals surface area contributed by atoms with Gasteiger partial charge in [-0.3, -0.25) is 9.59 Å². The smallest absolute Gasteiger partial charge is 0.305 e. The second-order valence-corrected chi connectivity index (χ2v) is 5.39. The van der Waals surface area contributed by atoms with Gasteiger partial charge in [-0.15, -0.1) is 0 Å². The number of carboxylic acids is 1. The number of fused-ring (bicyclic) bond motifs is 1. The van der Waals surface area contributed by atoms with Crippen molar-refractivity contribution in [3.8, 4) is 5.75 Å². The number of benzene rings is 1. The van der Waals surface area contributed by atoms with Crippen LogP contribution in [-0.4, -0.2) is 41.1 Å². The molecule has 0 bridgehead atoms. The molecular formula is C16H21NO4. The molecular weight excluding hydrogens is 270 g/mol. The highest BCUT2D eigenvalue weighted by Gasteiger charge is 2.31. The Morgan fingerprint density at radius 2 is 2.14 bits per heavy atom. The molecule has 1 N–H and O–H groups in total. The van der Waals surface area contributed by atoms with E-state index in [1.807, 2.05) is 31.2 Å². The highest BCUT2D eigenvalue weighted by Crippen LogP contribution is 2.28. The Kier molecular flexibility index (Phi) is 4.83. The number of aliphatic carboxylic acids is 1. The molecule has 0 saturated carbocycles. The molecule has 114 valence electrons. The third kappa shape index (κ3) is 3.54. The van der Waals surface area contributed by atoms with E-state index in [1.165, 1.54) is 0 Å². The van der Waals surface area contributed by atoms with Crippen molar-refractivity contribution in [2.45, 2.75) is 32.7 Å². The van der Waals surface area contributed by atoms with Crippen LogP contribution in [0.15, 0.2) is 24.3 Å². The molecule has 2 atom stereocenters. The summed E-state index contributed by atoms with van der Waals surface area (Å²) < 4.78 is 5.65. The monoisotopic (exact) mass is 291 g/mol. The molecule has 0 aromatic heterocycles. The van der Waals surface area contributed by atoms with Gasteiger partial charge in [0.05, 0.1) is 12.3 Å². The maximum absolute atomic E-state index is 12.6. The van der Waals surface area contributed by atoms with E-state index in [1.54, 1.807) is 11.8 Å². The van der Waals surface area contributed by atoms with E-state index in [-0.39, 0.29) is 24.3 Å². The Balaban J connectivity index is 2.07. The van der Waals surface area contributed by atoms with Crippen molar-refractivity contribution in [1.82, 2.24) is 4.90 Å². The predicted molar refractivity (Wildman–Crippen MR) is 78.2 cm³/mol. The first-order valence-corrected chi connectivity index (χ1v) is 7.26. The Labute approximate surface area is 124 Å². The quantitative estimate of drug-likeness (QED) is 0.900. The van der Waals surface area contributed by atoms with E-state index in [0.29, 0.717) is 19.6 Å². The summed E-state index contributed by atoms with van der Waals surface area (Å²) in [6.45, 7) is 4.50. The van der Waals surface area contributed by atoms with Gasteiger partial charge in [-0.05, 0) is 31.9 Å². The number of carboxylic acid groups (broad SMARTS) is 1. The van der Waals surface area contributed by atoms with Crippen molar-refractivity contribution in [2.24, 2.45) is 5.92 Å². The number of carbonyl (C=O) groups excluding carboxylic acids is 1. The van der Waals surface area contributed by atoms with E-state index in [0.717, 1.165) is 11.3 Å². The maximum atomic E-state index is 12.6. The number of amides is 1. The minimum absolute atomic E-state index is 0.0271. The molecule has 21 heavy (non-hydrogen) atoms. The van der Waals surface area contributed by atoms with Crippen molar-refractivity contribution in [1.29, 1.82) is 0 Å². The topological polar surface area (TPSA) is 66.8 Å². The maximum Gasteiger partial charge on any atom is 0.305 e. The van der Waals surface area contributed by atoms with Crippen LogP contribution in [0.4, 0.5) is 0 Å². The van der Waals surface area contributed by atoms with Gasteiger partial charge in [0.25, 0.3) is 0 Å². The Hall–Kier alpha value is -2.04. The fourth-order valence-corrected chi connectivity index (χ4v) is 2.77. The van der Waals surface area contributed by atoms with E-state index in [4.69, 9.17) is 9.84 Å². The summed E-state index contributed by atoms with van der Waals surface area (Å²) in [5, 5.41) is 8.89. The Morgan fingerprint density at radius 1 is 1.43 bits per heavy atom. The minimum atomic E-state index is -0.890. The van der Waals surface area contributed by atoms with Crippen LogP contribution in [0.25, 0.3) is 0 Å². The van der Waals surface area contributed by atoms with Crippen LogP contribution >= 0.6 is 0 Å². The summed E-state index contributed by atoms with van der Waals surface area (Å²) >= 11 is 0. The fourth-order valence-electron chi connectivity index (χ4n) is 2.77. The van der Waals surface area contributed by atoms with Crippen LogP contribution in [0.1, 0.15) is 25.8 Å². The Morgan fingerprint density at radius 3 is 2.81 bits per heavy atom. The van der Waals surface area contributed by atoms with Crippen LogP contribution < -0.4 is 4.74 Å². The molecule has 1 amide bonds. The molecule has 2 rings (SSSR count). The molecule has 0 fully saturated rings. The minimum Gasteiger partial charge on any atom is -0.492 e. The molecule has 0 saturated heterocycles. The zero-order valence-corrected chi connectivity index (χ0v) is 12.4. The van der Waals surface area contributed by atoms with Crippen LogP contribution in [0.5, 0.6) is 5.75 Å². The lowest BCUT2D eigenvalue weighted by Crippen LogP contribution is -2.45. The number of rotatable bonds is 5. The second-order valence-electron chi connectivity index (χ2n) is 5.39. The van der Waals surface area contributed by atoms with E-state index < -0.39 is 5.97 Å². The van der Waals surface area contributed by atoms with Gasteiger partial charge in [0, 0.05) is 12.6 Å². The average Bonchev–Trinajstić information content (AvgIpc) is 2.46. The number of carbonyl (C=O) groups is 2. The summed E-state index contributed by atoms with van der Waals surface area (Å²) in [5.74, 6) is -0.320. The number of hydrogen-bond acceptors (Lipinski definition) is 3. The predicted octanol–water partition coefficient (Wildman–Crippen LogP) is 1.95. The summed E-state index contributed by atoms with van der Waals surface area (Å²) in [5.41, 5.74) is 1.03. The number of nitrogens with zero attached hydrogens (tertiary/aromatic N) is 1. The summed E-state index contributed by atoms with van der Waals surface area (Å²) in [6, 6.07) is 7.40. The van der Waals surface area contributed by atoms with Crippen LogP contribution in [-0.2, 0) is 16.0 Å². The molecule has 0 spiro atoms. The van der Waals surface area contributed by atoms with Gasteiger partial charge in [-0.25, -0.2) is 0 Å². The first-order chi connectivity index (χ1) is 10.0. The molecule has 5 nitrogen and oxygen atoms in total. The van der Waals surface area contributed by atoms with Gasteiger partial charge in [0.1, 0.15) is 12.4 Å². The van der Waals surface area contributed by atoms with Crippen LogP contribution in [0, 0.1) is 5.92 Å². The van der Waals surface area contributed by atoms with Gasteiger partial charge >= 0.3 is 5.97 Å². The molecule has 0 aliphatic carbocycles. The average molecular weight is 291 g/mol. The summed E-state index contributed by atoms with van der Waals surface area (Å²) in [7, 11) is 0. The number of para-hydroxylation sites is 1. The van der Waals surface area contributed by atoms with Crippen LogP contribution in [0.2, 0.25) is 0 Å². The van der Waals surface area contributed by atoms with Crippen molar-refractivity contribution in [3.05, 3.63) is 29.8 Å². The zero-order chi connectivity index (χ0) is 15.4. The molecule has 1 aromatic carbocycles. The largest absolute Gasteiger partial charge is 0.492 e. The van der Waals surface area contributed by atoms with Crippen LogP contribution in [0.3, 0.4) is 0 Å². The summed E-state index contributed by atoms with van der Waals surface area (Å²) in [6.07, 6.45) is 0.606. The van der Waals surface area contributed by atoms with Crippen molar-refractivity contribution in [2.75, 3.05) is 13.2 Å². The molecule has 0 radical (unpaired) electrons. The second kappa shape index (κ2) is 6.61. The number of hydrogen-bond donors (Lipinski definition) is 1. The van der Waals surface area contributed by atoms with Crippen molar-refractivity contribution < 1.29 is 19.4 Å². The van der Waals surface area contributed by atoms with Gasteiger partial charge in [-0.2, -0.15) is 0 Å². The first-order valence-electron chi connectivity index (χ1n) is 7.26. The fraction of sp³-hybridized carbons (Fsp3) is 0.500. The normalized spacial score (nSPS) is 18.3. The van der Waals surface area contributed by atoms with Gasteiger partial charge in [0.15, 0.2) is 0 Å².